The SMILES string of the molecule is CCOC(=O)C1CCN([C@@H]2CC(=O)N(c3cc(C)cc(C)c3)C2=O)CC1. The lowest BCUT2D eigenvalue weighted by Gasteiger charge is -2.33. The summed E-state index contributed by atoms with van der Waals surface area (Å²) in [5.74, 6) is -0.570. The molecule has 6 nitrogen and oxygen atoms in total. The number of hydrogen-bond acceptors (Lipinski definition) is 5. The van der Waals surface area contributed by atoms with E-state index in [4.69, 9.17) is 4.74 Å². The third-order valence-electron chi connectivity index (χ3n) is 5.18. The maximum atomic E-state index is 12.9. The third kappa shape index (κ3) is 3.65. The second kappa shape index (κ2) is 7.58. The highest BCUT2D eigenvalue weighted by atomic mass is 16.5. The van der Waals surface area contributed by atoms with Crippen molar-refractivity contribution in [2.24, 2.45) is 5.92 Å². The van der Waals surface area contributed by atoms with Crippen molar-refractivity contribution in [2.75, 3.05) is 24.6 Å². The molecule has 3 rings (SSSR count). The van der Waals surface area contributed by atoms with E-state index in [1.807, 2.05) is 36.9 Å². The number of carbonyl (C=O) groups excluding carboxylic acids is 3. The van der Waals surface area contributed by atoms with Crippen LogP contribution < -0.4 is 4.90 Å². The first-order valence-corrected chi connectivity index (χ1v) is 9.26. The lowest BCUT2D eigenvalue weighted by Crippen LogP contribution is -2.47. The molecule has 0 aromatic heterocycles. The molecular weight excluding hydrogens is 332 g/mol. The summed E-state index contributed by atoms with van der Waals surface area (Å²) < 4.78 is 5.09. The fourth-order valence-corrected chi connectivity index (χ4v) is 3.96. The molecule has 1 atom stereocenters. The van der Waals surface area contributed by atoms with Gasteiger partial charge in [0.1, 0.15) is 0 Å². The molecular formula is C20H26N2O4. The van der Waals surface area contributed by atoms with Crippen LogP contribution in [0.2, 0.25) is 0 Å². The van der Waals surface area contributed by atoms with Crippen molar-refractivity contribution in [3.05, 3.63) is 29.3 Å². The highest BCUT2D eigenvalue weighted by Gasteiger charge is 2.44. The van der Waals surface area contributed by atoms with Crippen LogP contribution in [0.4, 0.5) is 5.69 Å². The quantitative estimate of drug-likeness (QED) is 0.610. The molecule has 0 bridgehead atoms. The van der Waals surface area contributed by atoms with E-state index in [2.05, 4.69) is 0 Å². The number of likely N-dealkylation sites (tertiary alicyclic amines) is 1. The smallest absolute Gasteiger partial charge is 0.309 e. The molecule has 0 aliphatic carbocycles. The van der Waals surface area contributed by atoms with E-state index in [1.54, 1.807) is 6.92 Å². The van der Waals surface area contributed by atoms with Crippen molar-refractivity contribution in [2.45, 2.75) is 46.1 Å². The van der Waals surface area contributed by atoms with Gasteiger partial charge >= 0.3 is 5.97 Å². The van der Waals surface area contributed by atoms with Gasteiger partial charge < -0.3 is 4.74 Å². The summed E-state index contributed by atoms with van der Waals surface area (Å²) in [6.45, 7) is 7.37. The number of aryl methyl sites for hydroxylation is 2. The van der Waals surface area contributed by atoms with Gasteiger partial charge in [-0.25, -0.2) is 4.90 Å². The van der Waals surface area contributed by atoms with E-state index in [0.717, 1.165) is 11.1 Å². The molecule has 2 saturated heterocycles. The van der Waals surface area contributed by atoms with Crippen molar-refractivity contribution >= 4 is 23.5 Å². The maximum absolute atomic E-state index is 12.9. The van der Waals surface area contributed by atoms with Gasteiger partial charge in [-0.15, -0.1) is 0 Å². The molecule has 2 aliphatic rings. The predicted molar refractivity (Wildman–Crippen MR) is 97.7 cm³/mol. The minimum absolute atomic E-state index is 0.103. The summed E-state index contributed by atoms with van der Waals surface area (Å²) in [5.41, 5.74) is 2.71. The van der Waals surface area contributed by atoms with E-state index in [0.29, 0.717) is 38.2 Å². The molecule has 2 amide bonds. The number of ether oxygens (including phenoxy) is 1. The Hall–Kier alpha value is -2.21. The van der Waals surface area contributed by atoms with Gasteiger partial charge in [0.25, 0.3) is 5.91 Å². The Morgan fingerprint density at radius 3 is 2.31 bits per heavy atom. The molecule has 26 heavy (non-hydrogen) atoms. The van der Waals surface area contributed by atoms with E-state index in [9.17, 15) is 14.4 Å². The Kier molecular flexibility index (Phi) is 5.41. The number of amides is 2. The van der Waals surface area contributed by atoms with Gasteiger partial charge in [0, 0.05) is 0 Å². The normalized spacial score (nSPS) is 22.1. The molecule has 0 N–H and O–H groups in total. The van der Waals surface area contributed by atoms with Crippen LogP contribution in [0.5, 0.6) is 0 Å². The van der Waals surface area contributed by atoms with Gasteiger partial charge in [-0.2, -0.15) is 0 Å². The second-order valence-electron chi connectivity index (χ2n) is 7.20. The average molecular weight is 358 g/mol. The molecule has 0 unspecified atom stereocenters. The van der Waals surface area contributed by atoms with E-state index >= 15 is 0 Å². The fraction of sp³-hybridized carbons (Fsp3) is 0.550. The van der Waals surface area contributed by atoms with Crippen LogP contribution in [0.3, 0.4) is 0 Å². The number of anilines is 1. The van der Waals surface area contributed by atoms with Gasteiger partial charge in [0.15, 0.2) is 0 Å². The first-order valence-electron chi connectivity index (χ1n) is 9.26. The highest BCUT2D eigenvalue weighted by Crippen LogP contribution is 2.30. The summed E-state index contributed by atoms with van der Waals surface area (Å²) in [6.07, 6.45) is 1.54. The van der Waals surface area contributed by atoms with E-state index in [1.165, 1.54) is 4.90 Å². The summed E-state index contributed by atoms with van der Waals surface area (Å²) in [7, 11) is 0. The first-order chi connectivity index (χ1) is 12.4. The Bertz CT molecular complexity index is 702. The van der Waals surface area contributed by atoms with E-state index in [-0.39, 0.29) is 30.1 Å². The Balaban J connectivity index is 1.69. The number of hydrogen-bond donors (Lipinski definition) is 0. The van der Waals surface area contributed by atoms with Crippen LogP contribution in [0.25, 0.3) is 0 Å². The standard InChI is InChI=1S/C20H26N2O4/c1-4-26-20(25)15-5-7-21(8-6-15)17-12-18(23)22(19(17)24)16-10-13(2)9-14(3)11-16/h9-11,15,17H,4-8,12H2,1-3H3/t17-/m1/s1. The summed E-state index contributed by atoms with van der Waals surface area (Å²) in [5, 5.41) is 0. The molecule has 2 fully saturated rings. The van der Waals surface area contributed by atoms with Crippen LogP contribution in [0.15, 0.2) is 18.2 Å². The molecule has 0 spiro atoms. The average Bonchev–Trinajstić information content (AvgIpc) is 2.89. The van der Waals surface area contributed by atoms with Gasteiger partial charge in [-0.05, 0) is 70.0 Å². The summed E-state index contributed by atoms with van der Waals surface area (Å²) in [6, 6.07) is 5.34. The number of benzene rings is 1. The predicted octanol–water partition coefficient (Wildman–Crippen LogP) is 2.21. The molecule has 0 saturated carbocycles. The van der Waals surface area contributed by atoms with Crippen LogP contribution in [0, 0.1) is 19.8 Å². The Morgan fingerprint density at radius 1 is 1.12 bits per heavy atom. The van der Waals surface area contributed by atoms with Gasteiger partial charge in [-0.3, -0.25) is 19.3 Å². The monoisotopic (exact) mass is 358 g/mol. The highest BCUT2D eigenvalue weighted by molar-refractivity contribution is 6.22. The number of carbonyl (C=O) groups is 3. The van der Waals surface area contributed by atoms with Gasteiger partial charge in [-0.1, -0.05) is 6.07 Å². The Morgan fingerprint density at radius 2 is 1.73 bits per heavy atom. The van der Waals surface area contributed by atoms with Crippen LogP contribution >= 0.6 is 0 Å². The zero-order chi connectivity index (χ0) is 18.8. The van der Waals surface area contributed by atoms with Crippen molar-refractivity contribution in [3.63, 3.8) is 0 Å². The fourth-order valence-electron chi connectivity index (χ4n) is 3.96. The van der Waals surface area contributed by atoms with Gasteiger partial charge in [0.2, 0.25) is 5.91 Å². The molecule has 0 radical (unpaired) electrons. The molecule has 140 valence electrons. The third-order valence-corrected chi connectivity index (χ3v) is 5.18. The maximum Gasteiger partial charge on any atom is 0.309 e. The number of nitrogens with zero attached hydrogens (tertiary/aromatic N) is 2. The molecule has 6 heteroatoms. The van der Waals surface area contributed by atoms with Crippen molar-refractivity contribution in [1.29, 1.82) is 0 Å². The number of imide groups is 1. The zero-order valence-corrected chi connectivity index (χ0v) is 15.7. The number of esters is 1. The lowest BCUT2D eigenvalue weighted by molar-refractivity contribution is -0.149. The van der Waals surface area contributed by atoms with Crippen LogP contribution in [-0.4, -0.2) is 48.4 Å². The van der Waals surface area contributed by atoms with Crippen LogP contribution in [-0.2, 0) is 19.1 Å². The minimum Gasteiger partial charge on any atom is -0.466 e. The number of piperidine rings is 1. The largest absolute Gasteiger partial charge is 0.466 e. The van der Waals surface area contributed by atoms with E-state index < -0.39 is 6.04 Å². The Labute approximate surface area is 154 Å². The van der Waals surface area contributed by atoms with Crippen molar-refractivity contribution in [3.8, 4) is 0 Å². The van der Waals surface area contributed by atoms with Crippen molar-refractivity contribution in [1.82, 2.24) is 4.90 Å². The second-order valence-corrected chi connectivity index (χ2v) is 7.20. The first kappa shape index (κ1) is 18.6. The lowest BCUT2D eigenvalue weighted by atomic mass is 9.95. The minimum atomic E-state index is -0.425. The van der Waals surface area contributed by atoms with Crippen LogP contribution in [0.1, 0.15) is 37.3 Å². The zero-order valence-electron chi connectivity index (χ0n) is 15.7. The summed E-state index contributed by atoms with van der Waals surface area (Å²) >= 11 is 0. The topological polar surface area (TPSA) is 66.9 Å². The van der Waals surface area contributed by atoms with Gasteiger partial charge in [0.05, 0.1) is 30.7 Å². The molecule has 1 aromatic carbocycles. The molecule has 2 heterocycles. The molecule has 1 aromatic rings. The molecule has 2 aliphatic heterocycles. The van der Waals surface area contributed by atoms with Crippen molar-refractivity contribution < 1.29 is 19.1 Å². The summed E-state index contributed by atoms with van der Waals surface area (Å²) in [4.78, 5) is 40.7. The number of rotatable bonds is 4.